The quantitative estimate of drug-likeness (QED) is 0.561. The molecule has 2 aromatic heterocycles. The van der Waals surface area contributed by atoms with Gasteiger partial charge in [-0.15, -0.1) is 0 Å². The van der Waals surface area contributed by atoms with Gasteiger partial charge < -0.3 is 11.5 Å². The Bertz CT molecular complexity index is 1130. The van der Waals surface area contributed by atoms with Crippen LogP contribution >= 0.6 is 11.3 Å². The number of hydrogen-bond acceptors (Lipinski definition) is 7. The lowest BCUT2D eigenvalue weighted by Gasteiger charge is -2.14. The number of amides is 2. The normalized spacial score (nSPS) is 13.4. The van der Waals surface area contributed by atoms with Gasteiger partial charge in [0, 0.05) is 6.07 Å². The fourth-order valence-corrected chi connectivity index (χ4v) is 3.67. The summed E-state index contributed by atoms with van der Waals surface area (Å²) >= 11 is 1.34. The fraction of sp³-hybridized carbons (Fsp3) is 0.0667. The van der Waals surface area contributed by atoms with E-state index >= 15 is 0 Å². The first kappa shape index (κ1) is 14.4. The van der Waals surface area contributed by atoms with Gasteiger partial charge in [0.05, 0.1) is 27.0 Å². The van der Waals surface area contributed by atoms with Crippen LogP contribution in [-0.4, -0.2) is 21.4 Å². The molecule has 3 heterocycles. The number of anilines is 2. The molecule has 0 fully saturated rings. The molecule has 0 saturated carbocycles. The number of carbonyl (C=O) groups is 2. The van der Waals surface area contributed by atoms with Gasteiger partial charge in [-0.2, -0.15) is 0 Å². The predicted octanol–water partition coefficient (Wildman–Crippen LogP) is 0.804. The van der Waals surface area contributed by atoms with Crippen molar-refractivity contribution in [2.75, 3.05) is 11.5 Å². The average molecular weight is 341 g/mol. The highest BCUT2D eigenvalue weighted by molar-refractivity contribution is 7.22. The second-order valence-electron chi connectivity index (χ2n) is 5.43. The molecule has 8 nitrogen and oxygen atoms in total. The second-order valence-corrected chi connectivity index (χ2v) is 6.50. The first-order valence-corrected chi connectivity index (χ1v) is 7.76. The van der Waals surface area contributed by atoms with Crippen LogP contribution in [0.5, 0.6) is 0 Å². The molecule has 9 heteroatoms. The average Bonchev–Trinajstić information content (AvgIpc) is 2.98. The van der Waals surface area contributed by atoms with E-state index in [1.165, 1.54) is 15.9 Å². The topological polar surface area (TPSA) is 133 Å². The highest BCUT2D eigenvalue weighted by atomic mass is 32.1. The number of pyridine rings is 1. The number of nitrogens with two attached hydrogens (primary N) is 2. The molecule has 3 aromatic rings. The van der Waals surface area contributed by atoms with Crippen molar-refractivity contribution in [1.82, 2.24) is 14.9 Å². The van der Waals surface area contributed by atoms with Gasteiger partial charge in [-0.25, -0.2) is 4.98 Å². The molecule has 0 aliphatic carbocycles. The van der Waals surface area contributed by atoms with Crippen LogP contribution < -0.4 is 22.3 Å². The van der Waals surface area contributed by atoms with Crippen LogP contribution in [-0.2, 0) is 0 Å². The van der Waals surface area contributed by atoms with Crippen LogP contribution in [0.4, 0.5) is 10.9 Å². The standard InChI is InChI=1S/C15H11N5O3S/c1-5-2-9-7(18-15(17)24-9)4-8(5)20-10(21)3-6-11(12(20)16)14(23)19-13(6)22/h2-4H,16H2,1H3,(H2,17,18)(H,19,22,23). The minimum absolute atomic E-state index is 0.00427. The zero-order chi connectivity index (χ0) is 17.2. The van der Waals surface area contributed by atoms with E-state index in [0.717, 1.165) is 16.3 Å². The number of nitrogens with zero attached hydrogens (tertiary/aromatic N) is 2. The molecule has 5 N–H and O–H groups in total. The Balaban J connectivity index is 2.06. The molecule has 1 aromatic carbocycles. The molecule has 0 saturated heterocycles. The van der Waals surface area contributed by atoms with E-state index in [-0.39, 0.29) is 16.9 Å². The number of aryl methyl sites for hydroxylation is 1. The predicted molar refractivity (Wildman–Crippen MR) is 90.6 cm³/mol. The summed E-state index contributed by atoms with van der Waals surface area (Å²) in [5.41, 5.74) is 13.2. The highest BCUT2D eigenvalue weighted by Gasteiger charge is 2.32. The Morgan fingerprint density at radius 2 is 1.88 bits per heavy atom. The fourth-order valence-electron chi connectivity index (χ4n) is 2.85. The zero-order valence-corrected chi connectivity index (χ0v) is 13.2. The molecule has 24 heavy (non-hydrogen) atoms. The molecule has 120 valence electrons. The first-order chi connectivity index (χ1) is 11.4. The van der Waals surface area contributed by atoms with Crippen LogP contribution in [0.1, 0.15) is 26.3 Å². The maximum absolute atomic E-state index is 12.5. The number of carbonyl (C=O) groups excluding carboxylic acids is 2. The van der Waals surface area contributed by atoms with Gasteiger partial charge in [-0.1, -0.05) is 11.3 Å². The van der Waals surface area contributed by atoms with Crippen LogP contribution in [0, 0.1) is 6.92 Å². The van der Waals surface area contributed by atoms with Crippen molar-refractivity contribution in [2.24, 2.45) is 0 Å². The minimum Gasteiger partial charge on any atom is -0.384 e. The summed E-state index contributed by atoms with van der Waals surface area (Å²) in [6, 6.07) is 4.66. The lowest BCUT2D eigenvalue weighted by atomic mass is 10.1. The number of benzene rings is 1. The summed E-state index contributed by atoms with van der Waals surface area (Å²) in [5.74, 6) is -1.31. The van der Waals surface area contributed by atoms with Gasteiger partial charge in [-0.3, -0.25) is 24.3 Å². The smallest absolute Gasteiger partial charge is 0.262 e. The monoisotopic (exact) mass is 341 g/mol. The summed E-state index contributed by atoms with van der Waals surface area (Å²) in [7, 11) is 0. The van der Waals surface area contributed by atoms with Gasteiger partial charge in [-0.05, 0) is 24.6 Å². The van der Waals surface area contributed by atoms with Crippen molar-refractivity contribution in [3.63, 3.8) is 0 Å². The Kier molecular flexibility index (Phi) is 2.79. The van der Waals surface area contributed by atoms with Gasteiger partial charge in [0.25, 0.3) is 17.4 Å². The molecule has 0 spiro atoms. The zero-order valence-electron chi connectivity index (χ0n) is 12.4. The summed E-state index contributed by atoms with van der Waals surface area (Å²) in [6.45, 7) is 1.81. The van der Waals surface area contributed by atoms with E-state index in [4.69, 9.17) is 11.5 Å². The Labute approximate surface area is 138 Å². The molecular formula is C15H11N5O3S. The van der Waals surface area contributed by atoms with Crippen molar-refractivity contribution in [1.29, 1.82) is 0 Å². The molecule has 0 atom stereocenters. The van der Waals surface area contributed by atoms with Crippen molar-refractivity contribution in [3.05, 3.63) is 45.2 Å². The van der Waals surface area contributed by atoms with E-state index in [1.54, 1.807) is 6.07 Å². The molecular weight excluding hydrogens is 330 g/mol. The molecule has 1 aliphatic heterocycles. The molecule has 2 amide bonds. The number of imide groups is 1. The largest absolute Gasteiger partial charge is 0.384 e. The Morgan fingerprint density at radius 3 is 2.62 bits per heavy atom. The highest BCUT2D eigenvalue weighted by Crippen LogP contribution is 2.30. The van der Waals surface area contributed by atoms with Gasteiger partial charge in [0.1, 0.15) is 5.82 Å². The van der Waals surface area contributed by atoms with Gasteiger partial charge >= 0.3 is 0 Å². The van der Waals surface area contributed by atoms with Crippen LogP contribution in [0.25, 0.3) is 15.9 Å². The van der Waals surface area contributed by atoms with Crippen molar-refractivity contribution in [2.45, 2.75) is 6.92 Å². The number of nitrogens with one attached hydrogen (secondary N) is 1. The van der Waals surface area contributed by atoms with E-state index in [1.807, 2.05) is 13.0 Å². The number of thiazole rings is 1. The van der Waals surface area contributed by atoms with E-state index in [2.05, 4.69) is 10.3 Å². The van der Waals surface area contributed by atoms with Crippen LogP contribution in [0.2, 0.25) is 0 Å². The number of nitrogen functional groups attached to an aromatic ring is 2. The Hall–Kier alpha value is -3.20. The second kappa shape index (κ2) is 4.65. The van der Waals surface area contributed by atoms with Crippen LogP contribution in [0.3, 0.4) is 0 Å². The lowest BCUT2D eigenvalue weighted by Crippen LogP contribution is -2.24. The number of rotatable bonds is 1. The third-order valence-electron chi connectivity index (χ3n) is 3.92. The third kappa shape index (κ3) is 1.85. The summed E-state index contributed by atoms with van der Waals surface area (Å²) in [5, 5.41) is 2.56. The molecule has 1 aliphatic rings. The molecule has 0 unspecified atom stereocenters. The van der Waals surface area contributed by atoms with Gasteiger partial charge in [0.2, 0.25) is 0 Å². The van der Waals surface area contributed by atoms with Crippen molar-refractivity contribution in [3.8, 4) is 5.69 Å². The lowest BCUT2D eigenvalue weighted by molar-refractivity contribution is 0.0880. The number of fused-ring (bicyclic) bond motifs is 2. The molecule has 0 radical (unpaired) electrons. The SMILES string of the molecule is Cc1cc2sc(N)nc2cc1-n1c(N)c2c(cc1=O)C(=O)NC2=O. The molecule has 4 rings (SSSR count). The maximum Gasteiger partial charge on any atom is 0.262 e. The first-order valence-electron chi connectivity index (χ1n) is 6.95. The van der Waals surface area contributed by atoms with Gasteiger partial charge in [0.15, 0.2) is 5.13 Å². The summed E-state index contributed by atoms with van der Waals surface area (Å²) < 4.78 is 2.09. The maximum atomic E-state index is 12.5. The third-order valence-corrected chi connectivity index (χ3v) is 4.76. The Morgan fingerprint density at radius 1 is 1.12 bits per heavy atom. The minimum atomic E-state index is -0.620. The van der Waals surface area contributed by atoms with Crippen LogP contribution in [0.15, 0.2) is 23.0 Å². The number of hydrogen-bond donors (Lipinski definition) is 3. The molecule has 0 bridgehead atoms. The van der Waals surface area contributed by atoms with E-state index < -0.39 is 17.4 Å². The number of aromatic nitrogens is 2. The van der Waals surface area contributed by atoms with E-state index in [9.17, 15) is 14.4 Å². The van der Waals surface area contributed by atoms with Crippen molar-refractivity contribution >= 4 is 44.3 Å². The van der Waals surface area contributed by atoms with Crippen molar-refractivity contribution < 1.29 is 9.59 Å². The summed E-state index contributed by atoms with van der Waals surface area (Å²) in [4.78, 5) is 40.4. The van der Waals surface area contributed by atoms with E-state index in [0.29, 0.717) is 16.3 Å². The summed E-state index contributed by atoms with van der Waals surface area (Å²) in [6.07, 6.45) is 0.